The van der Waals surface area contributed by atoms with Gasteiger partial charge in [-0.3, -0.25) is 4.79 Å². The van der Waals surface area contributed by atoms with Crippen LogP contribution in [0.3, 0.4) is 0 Å². The van der Waals surface area contributed by atoms with Gasteiger partial charge >= 0.3 is 0 Å². The number of carbonyl (C=O) groups excluding carboxylic acids is 1. The highest BCUT2D eigenvalue weighted by Gasteiger charge is 2.23. The Labute approximate surface area is 223 Å². The fourth-order valence-electron chi connectivity index (χ4n) is 5.61. The van der Waals surface area contributed by atoms with E-state index in [9.17, 15) is 9.18 Å². The van der Waals surface area contributed by atoms with Crippen molar-refractivity contribution in [3.8, 4) is 0 Å². The maximum atomic E-state index is 13.5. The summed E-state index contributed by atoms with van der Waals surface area (Å²) in [6, 6.07) is 22.9. The Balaban J connectivity index is 1.41. The number of nitrogens with zero attached hydrogens (tertiary/aromatic N) is 2. The molecule has 4 aromatic rings. The molecule has 1 aromatic heterocycles. The Morgan fingerprint density at radius 3 is 2.51 bits per heavy atom. The molecule has 3 nitrogen and oxygen atoms in total. The van der Waals surface area contributed by atoms with Crippen LogP contribution in [0.2, 0.25) is 5.02 Å². The number of halogens is 2. The van der Waals surface area contributed by atoms with Crippen molar-refractivity contribution in [1.29, 1.82) is 0 Å². The van der Waals surface area contributed by atoms with E-state index in [-0.39, 0.29) is 17.5 Å². The SMILES string of the molecule is O=C(CCCN1CCCCC1)CC(c1cccc(Cl)c1)c1cn(Cc2ccc(F)cc2)c2ccccc12. The molecule has 0 radical (unpaired) electrons. The largest absolute Gasteiger partial charge is 0.343 e. The van der Waals surface area contributed by atoms with Crippen LogP contribution in [0, 0.1) is 5.82 Å². The first-order valence-electron chi connectivity index (χ1n) is 13.4. The van der Waals surface area contributed by atoms with Crippen molar-refractivity contribution in [3.05, 3.63) is 107 Å². The molecule has 192 valence electrons. The number of para-hydroxylation sites is 1. The molecule has 1 aliphatic heterocycles. The van der Waals surface area contributed by atoms with Crippen molar-refractivity contribution in [3.63, 3.8) is 0 Å². The molecule has 0 bridgehead atoms. The van der Waals surface area contributed by atoms with E-state index in [4.69, 9.17) is 11.6 Å². The van der Waals surface area contributed by atoms with Crippen LogP contribution in [0.25, 0.3) is 10.9 Å². The first-order chi connectivity index (χ1) is 18.1. The molecule has 3 aromatic carbocycles. The number of likely N-dealkylation sites (tertiary alicyclic amines) is 1. The Morgan fingerprint density at radius 1 is 0.946 bits per heavy atom. The van der Waals surface area contributed by atoms with Crippen molar-refractivity contribution in [2.75, 3.05) is 19.6 Å². The zero-order valence-corrected chi connectivity index (χ0v) is 22.0. The number of carbonyl (C=O) groups is 1. The number of rotatable bonds is 10. The number of benzene rings is 3. The number of hydrogen-bond donors (Lipinski definition) is 0. The summed E-state index contributed by atoms with van der Waals surface area (Å²) in [7, 11) is 0. The Hall–Kier alpha value is -2.95. The highest BCUT2D eigenvalue weighted by molar-refractivity contribution is 6.30. The van der Waals surface area contributed by atoms with Gasteiger partial charge in [-0.25, -0.2) is 4.39 Å². The molecule has 5 rings (SSSR count). The number of hydrogen-bond acceptors (Lipinski definition) is 2. The van der Waals surface area contributed by atoms with Crippen molar-refractivity contribution in [2.45, 2.75) is 51.0 Å². The van der Waals surface area contributed by atoms with E-state index in [1.54, 1.807) is 0 Å². The first-order valence-corrected chi connectivity index (χ1v) is 13.8. The third kappa shape index (κ3) is 6.49. The minimum absolute atomic E-state index is 0.0828. The van der Waals surface area contributed by atoms with Crippen LogP contribution in [0.1, 0.15) is 61.1 Å². The van der Waals surface area contributed by atoms with Gasteiger partial charge in [0.05, 0.1) is 0 Å². The Morgan fingerprint density at radius 2 is 1.73 bits per heavy atom. The average molecular weight is 517 g/mol. The number of ketones is 1. The van der Waals surface area contributed by atoms with Crippen molar-refractivity contribution < 1.29 is 9.18 Å². The smallest absolute Gasteiger partial charge is 0.133 e. The van der Waals surface area contributed by atoms with E-state index in [1.807, 2.05) is 42.5 Å². The third-order valence-corrected chi connectivity index (χ3v) is 7.76. The summed E-state index contributed by atoms with van der Waals surface area (Å²) >= 11 is 6.40. The summed E-state index contributed by atoms with van der Waals surface area (Å²) in [4.78, 5) is 15.8. The average Bonchev–Trinajstić information content (AvgIpc) is 3.27. The van der Waals surface area contributed by atoms with Crippen molar-refractivity contribution in [2.24, 2.45) is 0 Å². The quantitative estimate of drug-likeness (QED) is 0.214. The first kappa shape index (κ1) is 25.7. The molecule has 0 aliphatic carbocycles. The van der Waals surface area contributed by atoms with Gasteiger partial charge in [0.2, 0.25) is 0 Å². The number of aromatic nitrogens is 1. The number of fused-ring (bicyclic) bond motifs is 1. The van der Waals surface area contributed by atoms with Gasteiger partial charge in [0.15, 0.2) is 0 Å². The molecule has 1 atom stereocenters. The molecule has 5 heteroatoms. The van der Waals surface area contributed by atoms with Gasteiger partial charge in [-0.1, -0.05) is 60.5 Å². The highest BCUT2D eigenvalue weighted by Crippen LogP contribution is 2.36. The van der Waals surface area contributed by atoms with Gasteiger partial charge in [-0.2, -0.15) is 0 Å². The third-order valence-electron chi connectivity index (χ3n) is 7.52. The van der Waals surface area contributed by atoms with Crippen LogP contribution in [0.5, 0.6) is 0 Å². The van der Waals surface area contributed by atoms with E-state index >= 15 is 0 Å². The van der Waals surface area contributed by atoms with Gasteiger partial charge < -0.3 is 9.47 Å². The lowest BCUT2D eigenvalue weighted by Crippen LogP contribution is -2.30. The maximum absolute atomic E-state index is 13.5. The molecule has 0 saturated carbocycles. The molecule has 1 aliphatic rings. The summed E-state index contributed by atoms with van der Waals surface area (Å²) in [6.45, 7) is 3.96. The van der Waals surface area contributed by atoms with Crippen LogP contribution < -0.4 is 0 Å². The van der Waals surface area contributed by atoms with E-state index in [0.717, 1.165) is 53.6 Å². The lowest BCUT2D eigenvalue weighted by atomic mass is 9.86. The maximum Gasteiger partial charge on any atom is 0.133 e. The van der Waals surface area contributed by atoms with Crippen molar-refractivity contribution in [1.82, 2.24) is 9.47 Å². The molecular weight excluding hydrogens is 483 g/mol. The standard InChI is InChI=1S/C32H34ClFN2O/c33-26-9-6-8-25(20-26)30(21-28(37)10-7-19-35-17-4-1-5-18-35)31-23-36(32-12-3-2-11-29(31)32)22-24-13-15-27(34)16-14-24/h2-3,6,8-9,11-16,20,23,30H,1,4-5,7,10,17-19,21-22H2. The fraction of sp³-hybridized carbons (Fsp3) is 0.344. The minimum Gasteiger partial charge on any atom is -0.343 e. The van der Waals surface area contributed by atoms with Gasteiger partial charge in [0.25, 0.3) is 0 Å². The van der Waals surface area contributed by atoms with Crippen LogP contribution in [-0.2, 0) is 11.3 Å². The second kappa shape index (κ2) is 12.1. The summed E-state index contributed by atoms with van der Waals surface area (Å²) < 4.78 is 15.7. The molecule has 1 saturated heterocycles. The molecule has 2 heterocycles. The van der Waals surface area contributed by atoms with Crippen LogP contribution in [0.15, 0.2) is 79.0 Å². The van der Waals surface area contributed by atoms with Gasteiger partial charge in [-0.05, 0) is 85.9 Å². The van der Waals surface area contributed by atoms with Crippen LogP contribution in [-0.4, -0.2) is 34.9 Å². The van der Waals surface area contributed by atoms with E-state index in [0.29, 0.717) is 24.4 Å². The molecular formula is C32H34ClFN2O. The topological polar surface area (TPSA) is 25.2 Å². The predicted octanol–water partition coefficient (Wildman–Crippen LogP) is 7.84. The monoisotopic (exact) mass is 516 g/mol. The number of piperidine rings is 1. The predicted molar refractivity (Wildman–Crippen MR) is 150 cm³/mol. The molecule has 0 amide bonds. The molecule has 37 heavy (non-hydrogen) atoms. The van der Waals surface area contributed by atoms with E-state index in [1.165, 1.54) is 31.4 Å². The lowest BCUT2D eigenvalue weighted by Gasteiger charge is -2.26. The Bertz CT molecular complexity index is 1340. The summed E-state index contributed by atoms with van der Waals surface area (Å²) in [5.41, 5.74) is 4.32. The zero-order valence-electron chi connectivity index (χ0n) is 21.2. The highest BCUT2D eigenvalue weighted by atomic mass is 35.5. The number of Topliss-reactive ketones (excluding diaryl/α,β-unsaturated/α-hetero) is 1. The van der Waals surface area contributed by atoms with E-state index < -0.39 is 0 Å². The second-order valence-corrected chi connectivity index (χ2v) is 10.6. The summed E-state index contributed by atoms with van der Waals surface area (Å²) in [5.74, 6) is -0.0282. The zero-order chi connectivity index (χ0) is 25.6. The fourth-order valence-corrected chi connectivity index (χ4v) is 5.81. The lowest BCUT2D eigenvalue weighted by molar-refractivity contribution is -0.119. The normalized spacial score (nSPS) is 15.2. The molecule has 0 spiro atoms. The summed E-state index contributed by atoms with van der Waals surface area (Å²) in [5, 5.41) is 1.81. The molecule has 1 unspecified atom stereocenters. The Kier molecular flexibility index (Phi) is 8.38. The molecule has 0 N–H and O–H groups in total. The second-order valence-electron chi connectivity index (χ2n) is 10.2. The van der Waals surface area contributed by atoms with Gasteiger partial charge in [-0.15, -0.1) is 0 Å². The van der Waals surface area contributed by atoms with Crippen molar-refractivity contribution >= 4 is 28.3 Å². The van der Waals surface area contributed by atoms with Gasteiger partial charge in [0, 0.05) is 47.4 Å². The van der Waals surface area contributed by atoms with Gasteiger partial charge in [0.1, 0.15) is 11.6 Å². The minimum atomic E-state index is -0.235. The van der Waals surface area contributed by atoms with Crippen LogP contribution >= 0.6 is 11.6 Å². The molecule has 1 fully saturated rings. The summed E-state index contributed by atoms with van der Waals surface area (Å²) in [6.07, 6.45) is 7.99. The van der Waals surface area contributed by atoms with E-state index in [2.05, 4.69) is 33.9 Å². The van der Waals surface area contributed by atoms with Crippen LogP contribution in [0.4, 0.5) is 4.39 Å².